The van der Waals surface area contributed by atoms with Crippen molar-refractivity contribution in [2.45, 2.75) is 12.9 Å². The first-order valence-corrected chi connectivity index (χ1v) is 5.67. The molecule has 1 heterocycles. The van der Waals surface area contributed by atoms with E-state index >= 15 is 0 Å². The molecular formula is C13H8F3N3O2. The number of benzene rings is 1. The van der Waals surface area contributed by atoms with Crippen LogP contribution in [-0.4, -0.2) is 22.2 Å². The highest BCUT2D eigenvalue weighted by molar-refractivity contribution is 5.71. The quantitative estimate of drug-likeness (QED) is 0.813. The fourth-order valence-corrected chi connectivity index (χ4v) is 1.72. The van der Waals surface area contributed by atoms with Gasteiger partial charge >= 0.3 is 6.36 Å². The molecule has 0 N–H and O–H groups in total. The lowest BCUT2D eigenvalue weighted by Crippen LogP contribution is -2.18. The molecule has 5 nitrogen and oxygen atoms in total. The van der Waals surface area contributed by atoms with Gasteiger partial charge in [0.05, 0.1) is 18.1 Å². The summed E-state index contributed by atoms with van der Waals surface area (Å²) in [7, 11) is 0. The van der Waals surface area contributed by atoms with Gasteiger partial charge in [-0.25, -0.2) is 4.98 Å². The molecule has 0 saturated carbocycles. The molecule has 2 aromatic rings. The second kappa shape index (κ2) is 5.66. The van der Waals surface area contributed by atoms with E-state index in [-0.39, 0.29) is 17.8 Å². The smallest absolute Gasteiger partial charge is 0.404 e. The van der Waals surface area contributed by atoms with Gasteiger partial charge < -0.3 is 9.30 Å². The molecule has 0 bridgehead atoms. The van der Waals surface area contributed by atoms with Crippen LogP contribution < -0.4 is 4.74 Å². The number of carbonyl (C=O) groups excluding carboxylic acids is 1. The Balaban J connectivity index is 2.32. The monoisotopic (exact) mass is 295 g/mol. The number of nitrogens with zero attached hydrogens (tertiary/aromatic N) is 3. The topological polar surface area (TPSA) is 67.9 Å². The largest absolute Gasteiger partial charge is 0.573 e. The molecule has 1 aromatic heterocycles. The summed E-state index contributed by atoms with van der Waals surface area (Å²) in [6, 6.07) is 5.45. The average Bonchev–Trinajstić information content (AvgIpc) is 2.84. The summed E-state index contributed by atoms with van der Waals surface area (Å²) in [5.41, 5.74) is 0.504. The van der Waals surface area contributed by atoms with Crippen LogP contribution in [0.5, 0.6) is 5.75 Å². The summed E-state index contributed by atoms with van der Waals surface area (Å²) < 4.78 is 42.2. The number of ether oxygens (including phenoxy) is 1. The second-order valence-corrected chi connectivity index (χ2v) is 4.05. The van der Waals surface area contributed by atoms with E-state index in [4.69, 9.17) is 5.26 Å². The van der Waals surface area contributed by atoms with Gasteiger partial charge in [0.25, 0.3) is 0 Å². The summed E-state index contributed by atoms with van der Waals surface area (Å²) in [6.45, 7) is 0.133. The Labute approximate surface area is 117 Å². The third-order valence-corrected chi connectivity index (χ3v) is 2.61. The molecule has 0 saturated heterocycles. The van der Waals surface area contributed by atoms with Gasteiger partial charge in [-0.1, -0.05) is 6.07 Å². The van der Waals surface area contributed by atoms with Crippen LogP contribution in [0.15, 0.2) is 30.7 Å². The summed E-state index contributed by atoms with van der Waals surface area (Å²) in [4.78, 5) is 14.5. The number of aromatic nitrogens is 2. The molecule has 0 radical (unpaired) electrons. The second-order valence-electron chi connectivity index (χ2n) is 4.05. The van der Waals surface area contributed by atoms with Crippen LogP contribution in [0.1, 0.15) is 21.6 Å². The fraction of sp³-hybridized carbons (Fsp3) is 0.154. The molecule has 8 heteroatoms. The van der Waals surface area contributed by atoms with Crippen molar-refractivity contribution >= 4 is 6.29 Å². The number of imidazole rings is 1. The molecule has 0 fully saturated rings. The first kappa shape index (κ1) is 14.6. The van der Waals surface area contributed by atoms with Crippen LogP contribution in [-0.2, 0) is 6.54 Å². The Morgan fingerprint density at radius 1 is 1.43 bits per heavy atom. The van der Waals surface area contributed by atoms with Crippen LogP contribution >= 0.6 is 0 Å². The van der Waals surface area contributed by atoms with Gasteiger partial charge in [0.2, 0.25) is 0 Å². The Kier molecular flexibility index (Phi) is 3.93. The van der Waals surface area contributed by atoms with Crippen LogP contribution in [0.25, 0.3) is 0 Å². The number of rotatable bonds is 4. The minimum absolute atomic E-state index is 0.133. The third kappa shape index (κ3) is 3.60. The lowest BCUT2D eigenvalue weighted by molar-refractivity contribution is -0.274. The van der Waals surface area contributed by atoms with E-state index < -0.39 is 12.1 Å². The molecule has 0 spiro atoms. The summed E-state index contributed by atoms with van der Waals surface area (Å²) >= 11 is 0. The molecule has 2 rings (SSSR count). The normalized spacial score (nSPS) is 11.0. The van der Waals surface area contributed by atoms with Gasteiger partial charge in [0.1, 0.15) is 17.5 Å². The maximum atomic E-state index is 12.3. The highest BCUT2D eigenvalue weighted by Crippen LogP contribution is 2.27. The van der Waals surface area contributed by atoms with Crippen molar-refractivity contribution in [3.8, 4) is 11.8 Å². The zero-order chi connectivity index (χ0) is 15.5. The molecule has 0 unspecified atom stereocenters. The first-order chi connectivity index (χ1) is 9.93. The average molecular weight is 295 g/mol. The zero-order valence-corrected chi connectivity index (χ0v) is 10.5. The minimum Gasteiger partial charge on any atom is -0.404 e. The van der Waals surface area contributed by atoms with Gasteiger partial charge in [-0.2, -0.15) is 5.26 Å². The third-order valence-electron chi connectivity index (χ3n) is 2.61. The summed E-state index contributed by atoms with van der Waals surface area (Å²) in [6.07, 6.45) is -1.58. The molecule has 0 atom stereocenters. The van der Waals surface area contributed by atoms with Crippen molar-refractivity contribution < 1.29 is 22.7 Å². The molecule has 0 amide bonds. The predicted octanol–water partition coefficient (Wildman–Crippen LogP) is 2.51. The van der Waals surface area contributed by atoms with Gasteiger partial charge in [-0.15, -0.1) is 13.2 Å². The SMILES string of the molecule is N#Cc1ccc(Cn2cncc2C=O)cc1OC(F)(F)F. The number of alkyl halides is 3. The van der Waals surface area contributed by atoms with Gasteiger partial charge in [-0.3, -0.25) is 4.79 Å². The number of halogens is 3. The number of hydrogen-bond acceptors (Lipinski definition) is 4. The van der Waals surface area contributed by atoms with E-state index in [1.54, 1.807) is 6.07 Å². The first-order valence-electron chi connectivity index (χ1n) is 5.67. The van der Waals surface area contributed by atoms with Crippen molar-refractivity contribution in [1.29, 1.82) is 5.26 Å². The molecule has 0 aliphatic carbocycles. The Hall–Kier alpha value is -2.82. The number of hydrogen-bond donors (Lipinski definition) is 0. The maximum absolute atomic E-state index is 12.3. The van der Waals surface area contributed by atoms with E-state index in [0.29, 0.717) is 11.8 Å². The van der Waals surface area contributed by atoms with Crippen LogP contribution in [0, 0.1) is 11.3 Å². The molecule has 1 aromatic carbocycles. The lowest BCUT2D eigenvalue weighted by Gasteiger charge is -2.12. The van der Waals surface area contributed by atoms with Crippen molar-refractivity contribution in [1.82, 2.24) is 9.55 Å². The van der Waals surface area contributed by atoms with E-state index in [1.807, 2.05) is 0 Å². The standard InChI is InChI=1S/C13H8F3N3O2/c14-13(15,16)21-12-3-9(1-2-10(12)4-17)6-19-8-18-5-11(19)7-20/h1-3,5,7-8H,6H2. The molecule has 21 heavy (non-hydrogen) atoms. The van der Waals surface area contributed by atoms with Crippen LogP contribution in [0.3, 0.4) is 0 Å². The van der Waals surface area contributed by atoms with Crippen molar-refractivity contribution in [3.63, 3.8) is 0 Å². The Morgan fingerprint density at radius 3 is 2.81 bits per heavy atom. The number of carbonyl (C=O) groups is 1. The Bertz CT molecular complexity index is 701. The van der Waals surface area contributed by atoms with E-state index in [0.717, 1.165) is 6.07 Å². The highest BCUT2D eigenvalue weighted by atomic mass is 19.4. The summed E-state index contributed by atoms with van der Waals surface area (Å²) in [5, 5.41) is 8.79. The van der Waals surface area contributed by atoms with Gasteiger partial charge in [0.15, 0.2) is 6.29 Å². The van der Waals surface area contributed by atoms with Crippen molar-refractivity contribution in [2.75, 3.05) is 0 Å². The van der Waals surface area contributed by atoms with E-state index in [2.05, 4.69) is 9.72 Å². The molecule has 108 valence electrons. The minimum atomic E-state index is -4.88. The zero-order valence-electron chi connectivity index (χ0n) is 10.5. The number of nitriles is 1. The molecule has 0 aliphatic rings. The maximum Gasteiger partial charge on any atom is 0.573 e. The predicted molar refractivity (Wildman–Crippen MR) is 64.6 cm³/mol. The molecule has 0 aliphatic heterocycles. The molecular weight excluding hydrogens is 287 g/mol. The van der Waals surface area contributed by atoms with Crippen LogP contribution in [0.4, 0.5) is 13.2 Å². The van der Waals surface area contributed by atoms with Gasteiger partial charge in [0, 0.05) is 6.54 Å². The number of aldehydes is 1. The van der Waals surface area contributed by atoms with E-state index in [1.165, 1.54) is 29.2 Å². The highest BCUT2D eigenvalue weighted by Gasteiger charge is 2.32. The summed E-state index contributed by atoms with van der Waals surface area (Å²) in [5.74, 6) is -0.574. The lowest BCUT2D eigenvalue weighted by atomic mass is 10.1. The van der Waals surface area contributed by atoms with Crippen LogP contribution in [0.2, 0.25) is 0 Å². The van der Waals surface area contributed by atoms with E-state index in [9.17, 15) is 18.0 Å². The Morgan fingerprint density at radius 2 is 2.19 bits per heavy atom. The van der Waals surface area contributed by atoms with Gasteiger partial charge in [-0.05, 0) is 17.7 Å². The van der Waals surface area contributed by atoms with Crippen molar-refractivity contribution in [3.05, 3.63) is 47.5 Å². The fourth-order valence-electron chi connectivity index (χ4n) is 1.72. The van der Waals surface area contributed by atoms with Crippen molar-refractivity contribution in [2.24, 2.45) is 0 Å².